The number of imidazole rings is 1. The smallest absolute Gasteiger partial charge is 0.306 e. The van der Waals surface area contributed by atoms with Gasteiger partial charge in [-0.2, -0.15) is 4.98 Å². The Balaban J connectivity index is 2.54. The molecule has 21 heavy (non-hydrogen) atoms. The zero-order valence-electron chi connectivity index (χ0n) is 11.3. The fourth-order valence-corrected chi connectivity index (χ4v) is 1.66. The number of esters is 1. The second kappa shape index (κ2) is 6.13. The number of fused-ring (bicyclic) bond motifs is 1. The summed E-state index contributed by atoms with van der Waals surface area (Å²) in [7, 11) is 0. The monoisotopic (exact) mass is 295 g/mol. The minimum Gasteiger partial charge on any atom is -0.416 e. The highest BCUT2D eigenvalue weighted by Gasteiger charge is 2.20. The van der Waals surface area contributed by atoms with Crippen molar-refractivity contribution >= 4 is 29.5 Å². The molecule has 2 N–H and O–H groups in total. The van der Waals surface area contributed by atoms with Crippen LogP contribution in [-0.2, 0) is 19.1 Å². The van der Waals surface area contributed by atoms with E-state index < -0.39 is 17.9 Å². The number of aromatic nitrogens is 4. The van der Waals surface area contributed by atoms with Crippen LogP contribution in [0.4, 0.5) is 5.95 Å². The lowest BCUT2D eigenvalue weighted by molar-refractivity contribution is -0.197. The van der Waals surface area contributed by atoms with Crippen molar-refractivity contribution in [2.24, 2.45) is 0 Å². The van der Waals surface area contributed by atoms with E-state index in [-0.39, 0.29) is 23.7 Å². The normalized spacial score (nSPS) is 12.1. The molecular weight excluding hydrogens is 282 g/mol. The van der Waals surface area contributed by atoms with E-state index in [9.17, 15) is 14.4 Å². The second-order valence-electron chi connectivity index (χ2n) is 3.87. The summed E-state index contributed by atoms with van der Waals surface area (Å²) >= 11 is 0. The summed E-state index contributed by atoms with van der Waals surface area (Å²) in [5.74, 6) is -0.617. The van der Waals surface area contributed by atoms with Gasteiger partial charge in [-0.25, -0.2) is 4.98 Å². The van der Waals surface area contributed by atoms with Crippen molar-refractivity contribution in [3.8, 4) is 0 Å². The summed E-state index contributed by atoms with van der Waals surface area (Å²) in [5.41, 5.74) is -0.396. The quantitative estimate of drug-likeness (QED) is 0.427. The molecule has 0 aromatic carbocycles. The van der Waals surface area contributed by atoms with Crippen LogP contribution in [0.25, 0.3) is 11.2 Å². The van der Waals surface area contributed by atoms with E-state index in [1.807, 2.05) is 0 Å². The third-order valence-corrected chi connectivity index (χ3v) is 2.43. The van der Waals surface area contributed by atoms with Gasteiger partial charge in [0.15, 0.2) is 11.2 Å². The van der Waals surface area contributed by atoms with Crippen molar-refractivity contribution in [1.82, 2.24) is 19.5 Å². The van der Waals surface area contributed by atoms with Crippen molar-refractivity contribution in [1.29, 1.82) is 0 Å². The maximum Gasteiger partial charge on any atom is 0.306 e. The van der Waals surface area contributed by atoms with Crippen LogP contribution in [0.3, 0.4) is 0 Å². The minimum atomic E-state index is -1.10. The van der Waals surface area contributed by atoms with Gasteiger partial charge >= 0.3 is 5.97 Å². The summed E-state index contributed by atoms with van der Waals surface area (Å²) in [6.45, 7) is 3.21. The molecule has 0 aliphatic rings. The Morgan fingerprint density at radius 1 is 1.62 bits per heavy atom. The van der Waals surface area contributed by atoms with Gasteiger partial charge in [0.25, 0.3) is 12.0 Å². The molecular formula is C11H13N5O5. The number of anilines is 1. The number of ether oxygens (including phenoxy) is 2. The van der Waals surface area contributed by atoms with Gasteiger partial charge in [0.05, 0.1) is 0 Å². The van der Waals surface area contributed by atoms with Gasteiger partial charge < -0.3 is 9.47 Å². The van der Waals surface area contributed by atoms with Gasteiger partial charge in [0, 0.05) is 13.5 Å². The van der Waals surface area contributed by atoms with Crippen molar-refractivity contribution in [3.05, 3.63) is 16.7 Å². The first kappa shape index (κ1) is 14.7. The average molecular weight is 295 g/mol. The summed E-state index contributed by atoms with van der Waals surface area (Å²) in [6.07, 6.45) is 0.536. The minimum absolute atomic E-state index is 0.0308. The lowest BCUT2D eigenvalue weighted by Crippen LogP contribution is -2.20. The molecule has 0 saturated heterocycles. The highest BCUT2D eigenvalue weighted by molar-refractivity contribution is 5.74. The Hall–Kier alpha value is -2.75. The Morgan fingerprint density at radius 2 is 2.38 bits per heavy atom. The first-order chi connectivity index (χ1) is 10.1. The molecule has 0 aliphatic carbocycles. The van der Waals surface area contributed by atoms with Gasteiger partial charge in [-0.15, -0.1) is 0 Å². The fourth-order valence-electron chi connectivity index (χ4n) is 1.66. The largest absolute Gasteiger partial charge is 0.416 e. The molecule has 10 heteroatoms. The molecule has 0 bridgehead atoms. The Morgan fingerprint density at radius 3 is 3.00 bits per heavy atom. The van der Waals surface area contributed by atoms with Crippen LogP contribution in [0.1, 0.15) is 20.3 Å². The molecule has 2 aromatic heterocycles. The molecule has 1 amide bonds. The molecule has 0 saturated carbocycles. The van der Waals surface area contributed by atoms with E-state index in [2.05, 4.69) is 20.3 Å². The average Bonchev–Trinajstić information content (AvgIpc) is 2.82. The van der Waals surface area contributed by atoms with Crippen molar-refractivity contribution in [2.75, 3.05) is 11.9 Å². The molecule has 2 rings (SSSR count). The number of aromatic amines is 1. The topological polar surface area (TPSA) is 128 Å². The number of carbonyl (C=O) groups excluding carboxylic acids is 2. The number of nitrogens with one attached hydrogen (secondary N) is 2. The SMILES string of the molecule is CCOC(OC(C)=O)n1cnc2c(=O)[nH]c(NC=O)nc21. The zero-order chi connectivity index (χ0) is 15.4. The van der Waals surface area contributed by atoms with Crippen LogP contribution in [0.2, 0.25) is 0 Å². The predicted molar refractivity (Wildman–Crippen MR) is 70.3 cm³/mol. The Kier molecular flexibility index (Phi) is 4.28. The Labute approximate surface area is 118 Å². The molecule has 0 fully saturated rings. The fraction of sp³-hybridized carbons (Fsp3) is 0.364. The first-order valence-electron chi connectivity index (χ1n) is 6.02. The molecule has 2 heterocycles. The molecule has 112 valence electrons. The van der Waals surface area contributed by atoms with Crippen LogP contribution in [-0.4, -0.2) is 38.5 Å². The van der Waals surface area contributed by atoms with Crippen LogP contribution in [0.15, 0.2) is 11.1 Å². The number of amides is 1. The van der Waals surface area contributed by atoms with E-state index in [1.54, 1.807) is 6.92 Å². The van der Waals surface area contributed by atoms with Gasteiger partial charge in [-0.3, -0.25) is 29.3 Å². The molecule has 0 radical (unpaired) electrons. The summed E-state index contributed by atoms with van der Waals surface area (Å²) in [5, 5.41) is 2.23. The van der Waals surface area contributed by atoms with E-state index >= 15 is 0 Å². The first-order valence-corrected chi connectivity index (χ1v) is 6.02. The van der Waals surface area contributed by atoms with Crippen LogP contribution < -0.4 is 10.9 Å². The van der Waals surface area contributed by atoms with Crippen molar-refractivity contribution in [2.45, 2.75) is 20.3 Å². The third-order valence-electron chi connectivity index (χ3n) is 2.43. The highest BCUT2D eigenvalue weighted by Crippen LogP contribution is 2.17. The summed E-state index contributed by atoms with van der Waals surface area (Å²) in [6, 6.07) is 0. The van der Waals surface area contributed by atoms with Gasteiger partial charge in [0.1, 0.15) is 6.33 Å². The number of H-pyrrole nitrogens is 1. The number of rotatable bonds is 6. The molecule has 10 nitrogen and oxygen atoms in total. The van der Waals surface area contributed by atoms with Crippen LogP contribution in [0, 0.1) is 0 Å². The standard InChI is InChI=1S/C11H13N5O5/c1-3-20-11(21-6(2)18)16-4-12-7-8(16)14-10(13-5-17)15-9(7)19/h4-5,11H,3H2,1-2H3,(H2,13,14,15,17,19). The zero-order valence-corrected chi connectivity index (χ0v) is 11.3. The number of nitrogens with zero attached hydrogens (tertiary/aromatic N) is 3. The van der Waals surface area contributed by atoms with E-state index in [0.29, 0.717) is 6.41 Å². The van der Waals surface area contributed by atoms with E-state index in [1.165, 1.54) is 17.8 Å². The van der Waals surface area contributed by atoms with Crippen molar-refractivity contribution < 1.29 is 19.1 Å². The lowest BCUT2D eigenvalue weighted by atomic mass is 10.5. The third kappa shape index (κ3) is 3.05. The van der Waals surface area contributed by atoms with Crippen molar-refractivity contribution in [3.63, 3.8) is 0 Å². The molecule has 0 aliphatic heterocycles. The lowest BCUT2D eigenvalue weighted by Gasteiger charge is -2.17. The Bertz CT molecular complexity index is 721. The highest BCUT2D eigenvalue weighted by atomic mass is 16.7. The summed E-state index contributed by atoms with van der Waals surface area (Å²) < 4.78 is 11.6. The summed E-state index contributed by atoms with van der Waals surface area (Å²) in [4.78, 5) is 43.6. The molecule has 1 atom stereocenters. The van der Waals surface area contributed by atoms with Gasteiger partial charge in [-0.05, 0) is 6.92 Å². The van der Waals surface area contributed by atoms with Gasteiger partial charge in [-0.1, -0.05) is 0 Å². The van der Waals surface area contributed by atoms with Crippen LogP contribution >= 0.6 is 0 Å². The number of hydrogen-bond acceptors (Lipinski definition) is 7. The maximum atomic E-state index is 11.8. The van der Waals surface area contributed by atoms with Crippen LogP contribution in [0.5, 0.6) is 0 Å². The van der Waals surface area contributed by atoms with E-state index in [4.69, 9.17) is 9.47 Å². The second-order valence-corrected chi connectivity index (χ2v) is 3.87. The molecule has 1 unspecified atom stereocenters. The van der Waals surface area contributed by atoms with Gasteiger partial charge in [0.2, 0.25) is 12.4 Å². The molecule has 2 aromatic rings. The maximum absolute atomic E-state index is 11.8. The number of hydrogen-bond donors (Lipinski definition) is 2. The molecule has 0 spiro atoms. The number of carbonyl (C=O) groups is 2. The predicted octanol–water partition coefficient (Wildman–Crippen LogP) is -0.256. The van der Waals surface area contributed by atoms with E-state index in [0.717, 1.165) is 0 Å².